The third-order valence-electron chi connectivity index (χ3n) is 3.93. The summed E-state index contributed by atoms with van der Waals surface area (Å²) in [6, 6.07) is 5.89. The van der Waals surface area contributed by atoms with Crippen LogP contribution in [-0.2, 0) is 9.53 Å². The topological polar surface area (TPSA) is 60.0 Å². The maximum absolute atomic E-state index is 11.5. The standard InChI is InChI=1S/C17H24N2O4/c1-4-17(20)18-12-14(19-7-9-23-10-8-19)13-5-6-15(21-2)16(11-13)22-3/h4-6,11,14H,1,7-10,12H2,2-3H3,(H,18,20). The van der Waals surface area contributed by atoms with Crippen LogP contribution in [0.25, 0.3) is 0 Å². The summed E-state index contributed by atoms with van der Waals surface area (Å²) in [5.41, 5.74) is 1.06. The second-order valence-electron chi connectivity index (χ2n) is 5.23. The Labute approximate surface area is 137 Å². The average Bonchev–Trinajstić information content (AvgIpc) is 2.62. The molecular weight excluding hydrogens is 296 g/mol. The average molecular weight is 320 g/mol. The van der Waals surface area contributed by atoms with Crippen molar-refractivity contribution in [1.29, 1.82) is 0 Å². The van der Waals surface area contributed by atoms with E-state index in [0.29, 0.717) is 31.3 Å². The van der Waals surface area contributed by atoms with Gasteiger partial charge in [-0.1, -0.05) is 12.6 Å². The molecule has 1 unspecified atom stereocenters. The summed E-state index contributed by atoms with van der Waals surface area (Å²) in [6.45, 7) is 7.02. The summed E-state index contributed by atoms with van der Waals surface area (Å²) in [7, 11) is 3.23. The van der Waals surface area contributed by atoms with E-state index >= 15 is 0 Å². The van der Waals surface area contributed by atoms with Crippen molar-refractivity contribution in [1.82, 2.24) is 10.2 Å². The monoisotopic (exact) mass is 320 g/mol. The molecule has 1 aromatic carbocycles. The predicted molar refractivity (Wildman–Crippen MR) is 87.9 cm³/mol. The zero-order chi connectivity index (χ0) is 16.7. The number of carbonyl (C=O) groups is 1. The molecule has 6 nitrogen and oxygen atoms in total. The first-order valence-electron chi connectivity index (χ1n) is 7.63. The maximum Gasteiger partial charge on any atom is 0.243 e. The summed E-state index contributed by atoms with van der Waals surface area (Å²) in [6.07, 6.45) is 1.28. The van der Waals surface area contributed by atoms with Crippen molar-refractivity contribution in [2.24, 2.45) is 0 Å². The Morgan fingerprint density at radius 2 is 2.04 bits per heavy atom. The molecule has 0 saturated carbocycles. The molecule has 1 heterocycles. The highest BCUT2D eigenvalue weighted by Crippen LogP contribution is 2.32. The number of hydrogen-bond donors (Lipinski definition) is 1. The van der Waals surface area contributed by atoms with E-state index in [1.807, 2.05) is 18.2 Å². The fourth-order valence-corrected chi connectivity index (χ4v) is 2.68. The Morgan fingerprint density at radius 1 is 1.35 bits per heavy atom. The molecule has 23 heavy (non-hydrogen) atoms. The van der Waals surface area contributed by atoms with Crippen LogP contribution in [0.1, 0.15) is 11.6 Å². The zero-order valence-corrected chi connectivity index (χ0v) is 13.7. The molecule has 1 fully saturated rings. The normalized spacial score (nSPS) is 16.4. The molecule has 6 heteroatoms. The minimum Gasteiger partial charge on any atom is -0.493 e. The van der Waals surface area contributed by atoms with E-state index in [4.69, 9.17) is 14.2 Å². The molecule has 1 N–H and O–H groups in total. The molecule has 0 spiro atoms. The van der Waals surface area contributed by atoms with E-state index in [2.05, 4.69) is 16.8 Å². The van der Waals surface area contributed by atoms with Gasteiger partial charge in [0.25, 0.3) is 0 Å². The van der Waals surface area contributed by atoms with Gasteiger partial charge in [-0.05, 0) is 23.8 Å². The second-order valence-corrected chi connectivity index (χ2v) is 5.23. The van der Waals surface area contributed by atoms with Crippen LogP contribution in [0.3, 0.4) is 0 Å². The minimum atomic E-state index is -0.177. The minimum absolute atomic E-state index is 0.0441. The smallest absolute Gasteiger partial charge is 0.243 e. The molecule has 0 aromatic heterocycles. The molecule has 1 amide bonds. The molecule has 1 aliphatic rings. The molecule has 1 aromatic rings. The highest BCUT2D eigenvalue weighted by Gasteiger charge is 2.24. The van der Waals surface area contributed by atoms with E-state index in [-0.39, 0.29) is 11.9 Å². The lowest BCUT2D eigenvalue weighted by Gasteiger charge is -2.35. The van der Waals surface area contributed by atoms with Crippen LogP contribution in [0.2, 0.25) is 0 Å². The Hall–Kier alpha value is -2.05. The molecule has 1 atom stereocenters. The van der Waals surface area contributed by atoms with Gasteiger partial charge in [-0.15, -0.1) is 0 Å². The molecule has 2 rings (SSSR count). The number of morpholine rings is 1. The number of carbonyl (C=O) groups excluding carboxylic acids is 1. The van der Waals surface area contributed by atoms with Crippen molar-refractivity contribution in [2.45, 2.75) is 6.04 Å². The zero-order valence-electron chi connectivity index (χ0n) is 13.7. The van der Waals surface area contributed by atoms with Gasteiger partial charge in [-0.2, -0.15) is 0 Å². The van der Waals surface area contributed by atoms with Gasteiger partial charge in [0.15, 0.2) is 11.5 Å². The van der Waals surface area contributed by atoms with Gasteiger partial charge in [-0.25, -0.2) is 0 Å². The van der Waals surface area contributed by atoms with Crippen molar-refractivity contribution < 1.29 is 19.0 Å². The lowest BCUT2D eigenvalue weighted by atomic mass is 10.0. The van der Waals surface area contributed by atoms with Gasteiger partial charge >= 0.3 is 0 Å². The molecule has 0 aliphatic carbocycles. The maximum atomic E-state index is 11.5. The quantitative estimate of drug-likeness (QED) is 0.769. The van der Waals surface area contributed by atoms with Gasteiger partial charge in [-0.3, -0.25) is 9.69 Å². The van der Waals surface area contributed by atoms with E-state index < -0.39 is 0 Å². The molecule has 1 saturated heterocycles. The van der Waals surface area contributed by atoms with Crippen LogP contribution in [0.4, 0.5) is 0 Å². The third-order valence-corrected chi connectivity index (χ3v) is 3.93. The van der Waals surface area contributed by atoms with Crippen LogP contribution in [0, 0.1) is 0 Å². The number of benzene rings is 1. The van der Waals surface area contributed by atoms with Gasteiger partial charge < -0.3 is 19.5 Å². The lowest BCUT2D eigenvalue weighted by molar-refractivity contribution is -0.116. The number of rotatable bonds is 7. The highest BCUT2D eigenvalue weighted by molar-refractivity contribution is 5.86. The summed E-state index contributed by atoms with van der Waals surface area (Å²) in [4.78, 5) is 13.8. The predicted octanol–water partition coefficient (Wildman–Crippen LogP) is 1.38. The first kappa shape index (κ1) is 17.3. The summed E-state index contributed by atoms with van der Waals surface area (Å²) < 4.78 is 16.1. The van der Waals surface area contributed by atoms with E-state index in [1.54, 1.807) is 14.2 Å². The fraction of sp³-hybridized carbons (Fsp3) is 0.471. The number of amides is 1. The van der Waals surface area contributed by atoms with Crippen molar-refractivity contribution in [3.8, 4) is 11.5 Å². The third kappa shape index (κ3) is 4.46. The fourth-order valence-electron chi connectivity index (χ4n) is 2.68. The summed E-state index contributed by atoms with van der Waals surface area (Å²) in [5, 5.41) is 2.88. The van der Waals surface area contributed by atoms with Crippen molar-refractivity contribution in [3.63, 3.8) is 0 Å². The lowest BCUT2D eigenvalue weighted by Crippen LogP contribution is -2.43. The number of ether oxygens (including phenoxy) is 3. The van der Waals surface area contributed by atoms with Crippen molar-refractivity contribution in [3.05, 3.63) is 36.4 Å². The Bertz CT molecular complexity index is 541. The summed E-state index contributed by atoms with van der Waals surface area (Å²) >= 11 is 0. The van der Waals surface area contributed by atoms with E-state index in [9.17, 15) is 4.79 Å². The molecule has 1 aliphatic heterocycles. The van der Waals surface area contributed by atoms with E-state index in [0.717, 1.165) is 18.7 Å². The number of methoxy groups -OCH3 is 2. The van der Waals surface area contributed by atoms with Crippen molar-refractivity contribution in [2.75, 3.05) is 47.1 Å². The van der Waals surface area contributed by atoms with Gasteiger partial charge in [0, 0.05) is 19.6 Å². The number of hydrogen-bond acceptors (Lipinski definition) is 5. The van der Waals surface area contributed by atoms with Crippen LogP contribution < -0.4 is 14.8 Å². The number of nitrogens with one attached hydrogen (secondary N) is 1. The first-order chi connectivity index (χ1) is 11.2. The first-order valence-corrected chi connectivity index (χ1v) is 7.63. The van der Waals surface area contributed by atoms with Crippen LogP contribution in [-0.4, -0.2) is 57.9 Å². The highest BCUT2D eigenvalue weighted by atomic mass is 16.5. The second kappa shape index (κ2) is 8.55. The SMILES string of the molecule is C=CC(=O)NCC(c1ccc(OC)c(OC)c1)N1CCOCC1. The molecular formula is C17H24N2O4. The Kier molecular flexibility index (Phi) is 6.43. The molecule has 0 bridgehead atoms. The van der Waals surface area contributed by atoms with Gasteiger partial charge in [0.2, 0.25) is 5.91 Å². The van der Waals surface area contributed by atoms with Gasteiger partial charge in [0.05, 0.1) is 33.5 Å². The molecule has 0 radical (unpaired) electrons. The number of nitrogens with zero attached hydrogens (tertiary/aromatic N) is 1. The van der Waals surface area contributed by atoms with Crippen LogP contribution >= 0.6 is 0 Å². The van der Waals surface area contributed by atoms with E-state index in [1.165, 1.54) is 6.08 Å². The van der Waals surface area contributed by atoms with Gasteiger partial charge in [0.1, 0.15) is 0 Å². The largest absolute Gasteiger partial charge is 0.493 e. The van der Waals surface area contributed by atoms with Crippen LogP contribution in [0.15, 0.2) is 30.9 Å². The Morgan fingerprint density at radius 3 is 2.65 bits per heavy atom. The molecule has 126 valence electrons. The Balaban J connectivity index is 2.24. The summed E-state index contributed by atoms with van der Waals surface area (Å²) in [5.74, 6) is 1.19. The van der Waals surface area contributed by atoms with Crippen LogP contribution in [0.5, 0.6) is 11.5 Å². The van der Waals surface area contributed by atoms with Crippen molar-refractivity contribution >= 4 is 5.91 Å².